The van der Waals surface area contributed by atoms with Crippen molar-refractivity contribution in [3.8, 4) is 0 Å². The molecule has 1 rings (SSSR count). The van der Waals surface area contributed by atoms with Gasteiger partial charge in [0.2, 0.25) is 0 Å². The summed E-state index contributed by atoms with van der Waals surface area (Å²) in [5, 5.41) is 19.4. The Labute approximate surface area is 170 Å². The zero-order valence-corrected chi connectivity index (χ0v) is 16.6. The van der Waals surface area contributed by atoms with E-state index in [9.17, 15) is 58.9 Å². The van der Waals surface area contributed by atoms with Gasteiger partial charge in [0.25, 0.3) is 5.60 Å². The van der Waals surface area contributed by atoms with Crippen molar-refractivity contribution in [2.75, 3.05) is 6.67 Å². The molecule has 0 amide bonds. The van der Waals surface area contributed by atoms with Crippen LogP contribution in [0.25, 0.3) is 0 Å². The van der Waals surface area contributed by atoms with Crippen molar-refractivity contribution in [2.24, 2.45) is 17.3 Å². The van der Waals surface area contributed by atoms with Crippen LogP contribution in [-0.4, -0.2) is 58.7 Å². The molecule has 1 fully saturated rings. The molecule has 14 heteroatoms. The van der Waals surface area contributed by atoms with Gasteiger partial charge in [-0.15, -0.1) is 0 Å². The maximum Gasteiger partial charge on any atom is 0.426 e. The highest BCUT2D eigenvalue weighted by Crippen LogP contribution is 2.55. The lowest BCUT2D eigenvalue weighted by Crippen LogP contribution is -2.65. The van der Waals surface area contributed by atoms with Gasteiger partial charge in [-0.25, -0.2) is 4.39 Å². The Balaban J connectivity index is 3.53. The van der Waals surface area contributed by atoms with Gasteiger partial charge in [-0.2, -0.15) is 39.5 Å². The summed E-state index contributed by atoms with van der Waals surface area (Å²) in [5.74, 6) is -6.73. The molecule has 4 unspecified atom stereocenters. The molecule has 4 nitrogen and oxygen atoms in total. The standard InChI is InChI=1S/C17H22F10O4/c1-12(2,3)11(28)31-10-5-8(13(29,7-18)15(19,20)21)4-9(6-10)14(30,16(22,23)24)17(25,26)27/h8-10,29-30H,4-7H2,1-3H3. The third-order valence-electron chi connectivity index (χ3n) is 5.38. The minimum Gasteiger partial charge on any atom is -0.462 e. The number of halogens is 10. The number of ether oxygens (including phenoxy) is 1. The molecule has 0 radical (unpaired) electrons. The molecule has 1 aliphatic rings. The van der Waals surface area contributed by atoms with Crippen molar-refractivity contribution in [1.82, 2.24) is 0 Å². The first-order chi connectivity index (χ1) is 13.5. The van der Waals surface area contributed by atoms with E-state index >= 15 is 0 Å². The highest BCUT2D eigenvalue weighted by molar-refractivity contribution is 5.75. The van der Waals surface area contributed by atoms with Crippen molar-refractivity contribution in [3.05, 3.63) is 0 Å². The van der Waals surface area contributed by atoms with Gasteiger partial charge in [0, 0.05) is 11.8 Å². The van der Waals surface area contributed by atoms with Crippen molar-refractivity contribution in [1.29, 1.82) is 0 Å². The predicted octanol–water partition coefficient (Wildman–Crippen LogP) is 4.48. The van der Waals surface area contributed by atoms with Gasteiger partial charge in [-0.3, -0.25) is 4.79 Å². The van der Waals surface area contributed by atoms with Crippen LogP contribution < -0.4 is 0 Å². The maximum absolute atomic E-state index is 13.3. The summed E-state index contributed by atoms with van der Waals surface area (Å²) in [5.41, 5.74) is -11.1. The second-order valence-corrected chi connectivity index (χ2v) is 8.70. The van der Waals surface area contributed by atoms with Gasteiger partial charge >= 0.3 is 24.5 Å². The Morgan fingerprint density at radius 3 is 1.55 bits per heavy atom. The monoisotopic (exact) mass is 480 g/mol. The molecule has 184 valence electrons. The fourth-order valence-electron chi connectivity index (χ4n) is 3.46. The molecule has 0 aromatic heterocycles. The summed E-state index contributed by atoms with van der Waals surface area (Å²) in [6, 6.07) is 0. The Hall–Kier alpha value is -1.31. The zero-order chi connectivity index (χ0) is 24.8. The van der Waals surface area contributed by atoms with Crippen molar-refractivity contribution >= 4 is 5.97 Å². The van der Waals surface area contributed by atoms with Crippen LogP contribution >= 0.6 is 0 Å². The number of carbonyl (C=O) groups excluding carboxylic acids is 1. The summed E-state index contributed by atoms with van der Waals surface area (Å²) in [6.45, 7) is 1.23. The molecule has 0 saturated heterocycles. The van der Waals surface area contributed by atoms with Gasteiger partial charge < -0.3 is 14.9 Å². The number of aliphatic hydroxyl groups is 2. The van der Waals surface area contributed by atoms with Gasteiger partial charge in [0.05, 0.1) is 5.41 Å². The molecule has 0 spiro atoms. The number of carbonyl (C=O) groups is 1. The fourth-order valence-corrected chi connectivity index (χ4v) is 3.46. The van der Waals surface area contributed by atoms with E-state index in [-0.39, 0.29) is 0 Å². The molecule has 1 saturated carbocycles. The fraction of sp³-hybridized carbons (Fsp3) is 0.941. The number of hydrogen-bond donors (Lipinski definition) is 2. The molecule has 0 aromatic carbocycles. The van der Waals surface area contributed by atoms with E-state index in [1.165, 1.54) is 20.8 Å². The van der Waals surface area contributed by atoms with Crippen LogP contribution in [0.4, 0.5) is 43.9 Å². The third-order valence-corrected chi connectivity index (χ3v) is 5.38. The lowest BCUT2D eigenvalue weighted by Gasteiger charge is -2.47. The minimum absolute atomic E-state index is 1.07. The van der Waals surface area contributed by atoms with Gasteiger partial charge in [-0.1, -0.05) is 0 Å². The van der Waals surface area contributed by atoms with Gasteiger partial charge in [0.15, 0.2) is 5.60 Å². The largest absolute Gasteiger partial charge is 0.462 e. The molecular formula is C17H22F10O4. The minimum atomic E-state index is -6.37. The Morgan fingerprint density at radius 1 is 0.806 bits per heavy atom. The van der Waals surface area contributed by atoms with Crippen LogP contribution in [0.15, 0.2) is 0 Å². The maximum atomic E-state index is 13.3. The van der Waals surface area contributed by atoms with Crippen molar-refractivity contribution in [2.45, 2.75) is 75.9 Å². The zero-order valence-electron chi connectivity index (χ0n) is 16.6. The normalized spacial score (nSPS) is 26.4. The van der Waals surface area contributed by atoms with E-state index in [1.54, 1.807) is 0 Å². The van der Waals surface area contributed by atoms with Crippen LogP contribution in [0, 0.1) is 17.3 Å². The molecule has 0 aromatic rings. The van der Waals surface area contributed by atoms with Crippen LogP contribution in [-0.2, 0) is 9.53 Å². The lowest BCUT2D eigenvalue weighted by atomic mass is 9.66. The highest BCUT2D eigenvalue weighted by atomic mass is 19.4. The van der Waals surface area contributed by atoms with Crippen LogP contribution in [0.3, 0.4) is 0 Å². The third kappa shape index (κ3) is 5.20. The number of esters is 1. The molecule has 4 atom stereocenters. The Kier molecular flexibility index (Phi) is 7.36. The Morgan fingerprint density at radius 2 is 1.23 bits per heavy atom. The molecule has 1 aliphatic carbocycles. The smallest absolute Gasteiger partial charge is 0.426 e. The summed E-state index contributed by atoms with van der Waals surface area (Å²) >= 11 is 0. The number of alkyl halides is 10. The van der Waals surface area contributed by atoms with E-state index in [4.69, 9.17) is 4.74 Å². The van der Waals surface area contributed by atoms with Crippen molar-refractivity contribution < 1.29 is 63.6 Å². The van der Waals surface area contributed by atoms with E-state index in [2.05, 4.69) is 0 Å². The Bertz CT molecular complexity index is 635. The first-order valence-electron chi connectivity index (χ1n) is 8.94. The second kappa shape index (κ2) is 8.23. The van der Waals surface area contributed by atoms with Crippen LogP contribution in [0.2, 0.25) is 0 Å². The van der Waals surface area contributed by atoms with E-state index in [0.29, 0.717) is 0 Å². The van der Waals surface area contributed by atoms with Crippen LogP contribution in [0.1, 0.15) is 40.0 Å². The highest BCUT2D eigenvalue weighted by Gasteiger charge is 2.75. The predicted molar refractivity (Wildman–Crippen MR) is 84.2 cm³/mol. The average Bonchev–Trinajstić information content (AvgIpc) is 2.55. The average molecular weight is 480 g/mol. The molecule has 0 heterocycles. The number of rotatable bonds is 4. The van der Waals surface area contributed by atoms with E-state index < -0.39 is 85.0 Å². The SMILES string of the molecule is CC(C)(C)C(=O)OC1CC(C(O)(CF)C(F)(F)F)CC(C(O)(C(F)(F)F)C(F)(F)F)C1. The van der Waals surface area contributed by atoms with Gasteiger partial charge in [0.1, 0.15) is 12.8 Å². The van der Waals surface area contributed by atoms with E-state index in [0.717, 1.165) is 0 Å². The second-order valence-electron chi connectivity index (χ2n) is 8.70. The summed E-state index contributed by atoms with van der Waals surface area (Å²) in [7, 11) is 0. The van der Waals surface area contributed by atoms with Crippen molar-refractivity contribution in [3.63, 3.8) is 0 Å². The molecule has 2 N–H and O–H groups in total. The summed E-state index contributed by atoms with van der Waals surface area (Å²) in [6.07, 6.45) is -24.5. The van der Waals surface area contributed by atoms with Crippen LogP contribution in [0.5, 0.6) is 0 Å². The first-order valence-corrected chi connectivity index (χ1v) is 8.94. The quantitative estimate of drug-likeness (QED) is 0.460. The first kappa shape index (κ1) is 27.7. The topological polar surface area (TPSA) is 66.8 Å². The number of hydrogen-bond acceptors (Lipinski definition) is 4. The lowest BCUT2D eigenvalue weighted by molar-refractivity contribution is -0.391. The molecule has 0 bridgehead atoms. The van der Waals surface area contributed by atoms with Gasteiger partial charge in [-0.05, 0) is 40.0 Å². The molecule has 0 aliphatic heterocycles. The summed E-state index contributed by atoms with van der Waals surface area (Å²) in [4.78, 5) is 12.0. The molecule has 31 heavy (non-hydrogen) atoms. The van der Waals surface area contributed by atoms with E-state index in [1.807, 2.05) is 0 Å². The molecular weight excluding hydrogens is 458 g/mol. The summed E-state index contributed by atoms with van der Waals surface area (Å²) < 4.78 is 137.